The third kappa shape index (κ3) is 4.65. The van der Waals surface area contributed by atoms with Crippen molar-refractivity contribution < 1.29 is 4.79 Å². The molecule has 0 atom stereocenters. The van der Waals surface area contributed by atoms with Gasteiger partial charge in [-0.2, -0.15) is 0 Å². The van der Waals surface area contributed by atoms with E-state index in [-0.39, 0.29) is 11.8 Å². The van der Waals surface area contributed by atoms with Crippen LogP contribution in [0.25, 0.3) is 0 Å². The first-order valence-electron chi connectivity index (χ1n) is 6.96. The second kappa shape index (κ2) is 7.26. The predicted octanol–water partition coefficient (Wildman–Crippen LogP) is 0.844. The molecule has 2 rings (SSSR count). The number of nitrogens with zero attached hydrogens (tertiary/aromatic N) is 1. The van der Waals surface area contributed by atoms with Crippen molar-refractivity contribution in [2.75, 3.05) is 33.2 Å². The van der Waals surface area contributed by atoms with Crippen molar-refractivity contribution >= 4 is 5.91 Å². The summed E-state index contributed by atoms with van der Waals surface area (Å²) in [7, 11) is 2.12. The number of hydrogen-bond donors (Lipinski definition) is 2. The summed E-state index contributed by atoms with van der Waals surface area (Å²) in [5, 5.41) is 6.11. The SMILES string of the molecule is CN(CCCNC(=O)C1CNC1)Cc1ccccc1. The van der Waals surface area contributed by atoms with Gasteiger partial charge in [0.05, 0.1) is 5.92 Å². The van der Waals surface area contributed by atoms with Gasteiger partial charge >= 0.3 is 0 Å². The molecular formula is C15H23N3O. The minimum atomic E-state index is 0.196. The smallest absolute Gasteiger partial charge is 0.225 e. The molecular weight excluding hydrogens is 238 g/mol. The Morgan fingerprint density at radius 2 is 2.11 bits per heavy atom. The molecule has 1 heterocycles. The van der Waals surface area contributed by atoms with Crippen LogP contribution in [0.1, 0.15) is 12.0 Å². The van der Waals surface area contributed by atoms with E-state index in [0.29, 0.717) is 0 Å². The molecule has 1 aliphatic heterocycles. The molecule has 4 heteroatoms. The van der Waals surface area contributed by atoms with Crippen molar-refractivity contribution in [2.24, 2.45) is 5.92 Å². The Kier molecular flexibility index (Phi) is 5.36. The molecule has 2 N–H and O–H groups in total. The summed E-state index contributed by atoms with van der Waals surface area (Å²) in [5.74, 6) is 0.395. The fraction of sp³-hybridized carbons (Fsp3) is 0.533. The number of benzene rings is 1. The second-order valence-corrected chi connectivity index (χ2v) is 5.22. The summed E-state index contributed by atoms with van der Waals surface area (Å²) in [6.07, 6.45) is 0.995. The van der Waals surface area contributed by atoms with Crippen molar-refractivity contribution in [1.29, 1.82) is 0 Å². The fourth-order valence-corrected chi connectivity index (χ4v) is 2.15. The molecule has 19 heavy (non-hydrogen) atoms. The van der Waals surface area contributed by atoms with E-state index in [1.54, 1.807) is 0 Å². The second-order valence-electron chi connectivity index (χ2n) is 5.22. The molecule has 4 nitrogen and oxygen atoms in total. The van der Waals surface area contributed by atoms with Gasteiger partial charge in [-0.1, -0.05) is 30.3 Å². The van der Waals surface area contributed by atoms with Crippen molar-refractivity contribution in [3.05, 3.63) is 35.9 Å². The predicted molar refractivity (Wildman–Crippen MR) is 76.8 cm³/mol. The summed E-state index contributed by atoms with van der Waals surface area (Å²) in [4.78, 5) is 13.9. The maximum Gasteiger partial charge on any atom is 0.225 e. The van der Waals surface area contributed by atoms with Crippen LogP contribution in [0.2, 0.25) is 0 Å². The highest BCUT2D eigenvalue weighted by Crippen LogP contribution is 2.03. The van der Waals surface area contributed by atoms with Gasteiger partial charge in [-0.25, -0.2) is 0 Å². The minimum Gasteiger partial charge on any atom is -0.356 e. The van der Waals surface area contributed by atoms with E-state index in [1.165, 1.54) is 5.56 Å². The van der Waals surface area contributed by atoms with Crippen LogP contribution in [-0.2, 0) is 11.3 Å². The summed E-state index contributed by atoms with van der Waals surface area (Å²) in [6.45, 7) is 4.40. The Hall–Kier alpha value is -1.39. The number of rotatable bonds is 7. The first-order valence-corrected chi connectivity index (χ1v) is 6.96. The quantitative estimate of drug-likeness (QED) is 0.715. The van der Waals surface area contributed by atoms with E-state index in [4.69, 9.17) is 0 Å². The van der Waals surface area contributed by atoms with E-state index >= 15 is 0 Å². The maximum atomic E-state index is 11.6. The Morgan fingerprint density at radius 3 is 2.74 bits per heavy atom. The molecule has 1 aliphatic rings. The Balaban J connectivity index is 1.56. The standard InChI is InChI=1S/C15H23N3O/c1-18(12-13-6-3-2-4-7-13)9-5-8-17-15(19)14-10-16-11-14/h2-4,6-7,14,16H,5,8-12H2,1H3,(H,17,19). The van der Waals surface area contributed by atoms with Gasteiger partial charge in [-0.05, 0) is 25.6 Å². The first-order chi connectivity index (χ1) is 9.25. The van der Waals surface area contributed by atoms with Crippen LogP contribution in [0.4, 0.5) is 0 Å². The van der Waals surface area contributed by atoms with E-state index < -0.39 is 0 Å². The fourth-order valence-electron chi connectivity index (χ4n) is 2.15. The number of hydrogen-bond acceptors (Lipinski definition) is 3. The van der Waals surface area contributed by atoms with Crippen molar-refractivity contribution in [1.82, 2.24) is 15.5 Å². The minimum absolute atomic E-state index is 0.196. The van der Waals surface area contributed by atoms with Gasteiger partial charge in [0.25, 0.3) is 0 Å². The van der Waals surface area contributed by atoms with Gasteiger partial charge < -0.3 is 15.5 Å². The average molecular weight is 261 g/mol. The van der Waals surface area contributed by atoms with E-state index in [2.05, 4.69) is 46.8 Å². The lowest BCUT2D eigenvalue weighted by atomic mass is 10.0. The zero-order chi connectivity index (χ0) is 13.5. The zero-order valence-corrected chi connectivity index (χ0v) is 11.6. The molecule has 1 aromatic rings. The molecule has 1 saturated heterocycles. The van der Waals surface area contributed by atoms with Crippen LogP contribution in [0.15, 0.2) is 30.3 Å². The van der Waals surface area contributed by atoms with Gasteiger partial charge in [0.2, 0.25) is 5.91 Å². The van der Waals surface area contributed by atoms with Crippen molar-refractivity contribution in [3.8, 4) is 0 Å². The number of amides is 1. The van der Waals surface area contributed by atoms with Crippen LogP contribution in [0.5, 0.6) is 0 Å². The van der Waals surface area contributed by atoms with Crippen LogP contribution < -0.4 is 10.6 Å². The van der Waals surface area contributed by atoms with E-state index in [1.807, 2.05) is 6.07 Å². The largest absolute Gasteiger partial charge is 0.356 e. The normalized spacial score (nSPS) is 15.3. The van der Waals surface area contributed by atoms with Crippen LogP contribution in [0.3, 0.4) is 0 Å². The number of nitrogens with one attached hydrogen (secondary N) is 2. The lowest BCUT2D eigenvalue weighted by Crippen LogP contribution is -2.51. The molecule has 0 aliphatic carbocycles. The third-order valence-corrected chi connectivity index (χ3v) is 3.46. The van der Waals surface area contributed by atoms with Gasteiger partial charge in [-0.3, -0.25) is 4.79 Å². The molecule has 0 saturated carbocycles. The molecule has 0 unspecified atom stereocenters. The Morgan fingerprint density at radius 1 is 1.37 bits per heavy atom. The van der Waals surface area contributed by atoms with Crippen LogP contribution in [-0.4, -0.2) is 44.0 Å². The molecule has 0 spiro atoms. The lowest BCUT2D eigenvalue weighted by Gasteiger charge is -2.26. The van der Waals surface area contributed by atoms with Crippen molar-refractivity contribution in [3.63, 3.8) is 0 Å². The summed E-state index contributed by atoms with van der Waals surface area (Å²) >= 11 is 0. The third-order valence-electron chi connectivity index (χ3n) is 3.46. The summed E-state index contributed by atoms with van der Waals surface area (Å²) < 4.78 is 0. The summed E-state index contributed by atoms with van der Waals surface area (Å²) in [5.41, 5.74) is 1.33. The molecule has 0 radical (unpaired) electrons. The number of carbonyl (C=O) groups excluding carboxylic acids is 1. The Bertz CT molecular complexity index is 390. The van der Waals surface area contributed by atoms with Gasteiger partial charge in [0, 0.05) is 26.2 Å². The maximum absolute atomic E-state index is 11.6. The highest BCUT2D eigenvalue weighted by atomic mass is 16.2. The van der Waals surface area contributed by atoms with Crippen molar-refractivity contribution in [2.45, 2.75) is 13.0 Å². The van der Waals surface area contributed by atoms with Gasteiger partial charge in [0.15, 0.2) is 0 Å². The topological polar surface area (TPSA) is 44.4 Å². The van der Waals surface area contributed by atoms with Gasteiger partial charge in [0.1, 0.15) is 0 Å². The molecule has 1 amide bonds. The highest BCUT2D eigenvalue weighted by Gasteiger charge is 2.23. The van der Waals surface area contributed by atoms with E-state index in [0.717, 1.165) is 39.1 Å². The summed E-state index contributed by atoms with van der Waals surface area (Å²) in [6, 6.07) is 10.4. The number of carbonyl (C=O) groups is 1. The van der Waals surface area contributed by atoms with Crippen LogP contribution in [0, 0.1) is 5.92 Å². The monoisotopic (exact) mass is 261 g/mol. The molecule has 0 bridgehead atoms. The highest BCUT2D eigenvalue weighted by molar-refractivity contribution is 5.79. The molecule has 1 aromatic carbocycles. The first kappa shape index (κ1) is 14.0. The molecule has 0 aromatic heterocycles. The molecule has 104 valence electrons. The zero-order valence-electron chi connectivity index (χ0n) is 11.6. The lowest BCUT2D eigenvalue weighted by molar-refractivity contribution is -0.126. The van der Waals surface area contributed by atoms with Crippen LogP contribution >= 0.6 is 0 Å². The Labute approximate surface area is 115 Å². The average Bonchev–Trinajstić information content (AvgIpc) is 2.34. The van der Waals surface area contributed by atoms with E-state index in [9.17, 15) is 4.79 Å². The van der Waals surface area contributed by atoms with Gasteiger partial charge in [-0.15, -0.1) is 0 Å². The molecule has 1 fully saturated rings.